The minimum absolute atomic E-state index is 0.159. The molecular weight excluding hydrogens is 342 g/mol. The summed E-state index contributed by atoms with van der Waals surface area (Å²) in [7, 11) is -3.56. The SMILES string of the molecule is Cc1ccc(S(=O)(=O)NCc2csc(-c3cccnc3)n2)c(C)c1. The van der Waals surface area contributed by atoms with Crippen LogP contribution >= 0.6 is 11.3 Å². The Hall–Kier alpha value is -2.09. The van der Waals surface area contributed by atoms with Gasteiger partial charge in [0.15, 0.2) is 0 Å². The highest BCUT2D eigenvalue weighted by Crippen LogP contribution is 2.23. The van der Waals surface area contributed by atoms with Crippen molar-refractivity contribution in [2.45, 2.75) is 25.3 Å². The molecule has 0 saturated carbocycles. The van der Waals surface area contributed by atoms with Crippen molar-refractivity contribution in [2.75, 3.05) is 0 Å². The first-order chi connectivity index (χ1) is 11.5. The Morgan fingerprint density at radius 3 is 2.75 bits per heavy atom. The van der Waals surface area contributed by atoms with E-state index in [1.807, 2.05) is 30.5 Å². The molecule has 0 fully saturated rings. The van der Waals surface area contributed by atoms with Gasteiger partial charge in [0.05, 0.1) is 17.1 Å². The standard InChI is InChI=1S/C17H17N3O2S2/c1-12-5-6-16(13(2)8-12)24(21,22)19-10-15-11-23-17(20-15)14-4-3-7-18-9-14/h3-9,11,19H,10H2,1-2H3. The molecule has 0 aliphatic heterocycles. The molecule has 0 bridgehead atoms. The predicted octanol–water partition coefficient (Wildman–Crippen LogP) is 3.30. The molecule has 0 radical (unpaired) electrons. The maximum absolute atomic E-state index is 12.5. The van der Waals surface area contributed by atoms with Gasteiger partial charge in [0, 0.05) is 23.3 Å². The smallest absolute Gasteiger partial charge is 0.241 e. The minimum Gasteiger partial charge on any atom is -0.264 e. The van der Waals surface area contributed by atoms with Crippen LogP contribution in [0.5, 0.6) is 0 Å². The van der Waals surface area contributed by atoms with Crippen LogP contribution in [-0.2, 0) is 16.6 Å². The maximum atomic E-state index is 12.5. The van der Waals surface area contributed by atoms with E-state index in [1.54, 1.807) is 31.5 Å². The van der Waals surface area contributed by atoms with Crippen LogP contribution in [0.25, 0.3) is 10.6 Å². The molecule has 0 unspecified atom stereocenters. The lowest BCUT2D eigenvalue weighted by atomic mass is 10.2. The van der Waals surface area contributed by atoms with Crippen molar-refractivity contribution in [3.05, 3.63) is 64.9 Å². The molecule has 7 heteroatoms. The molecular formula is C17H17N3O2S2. The third-order valence-electron chi connectivity index (χ3n) is 3.52. The zero-order chi connectivity index (χ0) is 17.2. The third kappa shape index (κ3) is 3.69. The number of aryl methyl sites for hydroxylation is 2. The highest BCUT2D eigenvalue weighted by Gasteiger charge is 2.17. The predicted molar refractivity (Wildman–Crippen MR) is 95.3 cm³/mol. The summed E-state index contributed by atoms with van der Waals surface area (Å²) in [4.78, 5) is 8.83. The van der Waals surface area contributed by atoms with Gasteiger partial charge in [-0.1, -0.05) is 17.7 Å². The number of rotatable bonds is 5. The lowest BCUT2D eigenvalue weighted by Crippen LogP contribution is -2.24. The van der Waals surface area contributed by atoms with Gasteiger partial charge in [0.25, 0.3) is 0 Å². The second kappa shape index (κ2) is 6.80. The number of pyridine rings is 1. The summed E-state index contributed by atoms with van der Waals surface area (Å²) < 4.78 is 27.6. The van der Waals surface area contributed by atoms with Gasteiger partial charge >= 0.3 is 0 Å². The summed E-state index contributed by atoms with van der Waals surface area (Å²) in [5.74, 6) is 0. The van der Waals surface area contributed by atoms with Crippen molar-refractivity contribution in [3.63, 3.8) is 0 Å². The quantitative estimate of drug-likeness (QED) is 0.759. The van der Waals surface area contributed by atoms with E-state index in [-0.39, 0.29) is 6.54 Å². The fourth-order valence-corrected chi connectivity index (χ4v) is 4.39. The monoisotopic (exact) mass is 359 g/mol. The van der Waals surface area contributed by atoms with E-state index in [2.05, 4.69) is 14.7 Å². The molecule has 1 aromatic carbocycles. The van der Waals surface area contributed by atoms with Crippen LogP contribution in [-0.4, -0.2) is 18.4 Å². The molecule has 0 saturated heterocycles. The van der Waals surface area contributed by atoms with Crippen LogP contribution in [0.3, 0.4) is 0 Å². The van der Waals surface area contributed by atoms with Gasteiger partial charge in [-0.25, -0.2) is 18.1 Å². The lowest BCUT2D eigenvalue weighted by molar-refractivity contribution is 0.580. The first-order valence-electron chi connectivity index (χ1n) is 7.37. The normalized spacial score (nSPS) is 11.6. The van der Waals surface area contributed by atoms with E-state index < -0.39 is 10.0 Å². The number of nitrogens with zero attached hydrogens (tertiary/aromatic N) is 2. The van der Waals surface area contributed by atoms with Crippen LogP contribution < -0.4 is 4.72 Å². The van der Waals surface area contributed by atoms with E-state index in [0.717, 1.165) is 21.7 Å². The van der Waals surface area contributed by atoms with Gasteiger partial charge in [0.1, 0.15) is 5.01 Å². The summed E-state index contributed by atoms with van der Waals surface area (Å²) in [5.41, 5.74) is 3.38. The number of nitrogens with one attached hydrogen (secondary N) is 1. The van der Waals surface area contributed by atoms with E-state index in [4.69, 9.17) is 0 Å². The maximum Gasteiger partial charge on any atom is 0.241 e. The largest absolute Gasteiger partial charge is 0.264 e. The highest BCUT2D eigenvalue weighted by molar-refractivity contribution is 7.89. The van der Waals surface area contributed by atoms with Crippen LogP contribution in [0, 0.1) is 13.8 Å². The molecule has 0 atom stereocenters. The number of hydrogen-bond donors (Lipinski definition) is 1. The summed E-state index contributed by atoms with van der Waals surface area (Å²) >= 11 is 1.47. The molecule has 3 aromatic rings. The molecule has 0 aliphatic rings. The third-order valence-corrected chi connectivity index (χ3v) is 6.03. The van der Waals surface area contributed by atoms with Crippen molar-refractivity contribution in [1.82, 2.24) is 14.7 Å². The van der Waals surface area contributed by atoms with Crippen molar-refractivity contribution >= 4 is 21.4 Å². The lowest BCUT2D eigenvalue weighted by Gasteiger charge is -2.09. The van der Waals surface area contributed by atoms with Gasteiger partial charge in [-0.3, -0.25) is 4.98 Å². The average molecular weight is 359 g/mol. The van der Waals surface area contributed by atoms with Gasteiger partial charge in [0.2, 0.25) is 10.0 Å². The summed E-state index contributed by atoms with van der Waals surface area (Å²) in [6.45, 7) is 3.89. The molecule has 3 rings (SSSR count). The molecule has 0 aliphatic carbocycles. The topological polar surface area (TPSA) is 72.0 Å². The van der Waals surface area contributed by atoms with E-state index >= 15 is 0 Å². The molecule has 2 heterocycles. The molecule has 0 amide bonds. The van der Waals surface area contributed by atoms with Crippen molar-refractivity contribution in [2.24, 2.45) is 0 Å². The molecule has 0 spiro atoms. The zero-order valence-corrected chi connectivity index (χ0v) is 15.0. The van der Waals surface area contributed by atoms with Gasteiger partial charge in [-0.15, -0.1) is 11.3 Å². The molecule has 2 aromatic heterocycles. The second-order valence-electron chi connectivity index (χ2n) is 5.48. The second-order valence-corrected chi connectivity index (χ2v) is 8.07. The Morgan fingerprint density at radius 1 is 1.21 bits per heavy atom. The number of aromatic nitrogens is 2. The Kier molecular flexibility index (Phi) is 4.75. The molecule has 1 N–H and O–H groups in total. The van der Waals surface area contributed by atoms with Crippen LogP contribution in [0.15, 0.2) is 53.0 Å². The van der Waals surface area contributed by atoms with Crippen molar-refractivity contribution in [3.8, 4) is 10.6 Å². The van der Waals surface area contributed by atoms with Crippen LogP contribution in [0.2, 0.25) is 0 Å². The van der Waals surface area contributed by atoms with Crippen LogP contribution in [0.1, 0.15) is 16.8 Å². The molecule has 5 nitrogen and oxygen atoms in total. The Balaban J connectivity index is 1.75. The van der Waals surface area contributed by atoms with E-state index in [1.165, 1.54) is 11.3 Å². The van der Waals surface area contributed by atoms with Gasteiger partial charge in [-0.05, 0) is 37.6 Å². The van der Waals surface area contributed by atoms with Gasteiger partial charge < -0.3 is 0 Å². The Bertz CT molecular complexity index is 951. The Labute approximate surface area is 145 Å². The van der Waals surface area contributed by atoms with Crippen molar-refractivity contribution < 1.29 is 8.42 Å². The fraction of sp³-hybridized carbons (Fsp3) is 0.176. The fourth-order valence-electron chi connectivity index (χ4n) is 2.36. The first-order valence-corrected chi connectivity index (χ1v) is 9.74. The minimum atomic E-state index is -3.56. The van der Waals surface area contributed by atoms with Gasteiger partial charge in [-0.2, -0.15) is 0 Å². The summed E-state index contributed by atoms with van der Waals surface area (Å²) in [6, 6.07) is 9.06. The number of hydrogen-bond acceptors (Lipinski definition) is 5. The van der Waals surface area contributed by atoms with Crippen LogP contribution in [0.4, 0.5) is 0 Å². The summed E-state index contributed by atoms with van der Waals surface area (Å²) in [5, 5.41) is 2.68. The average Bonchev–Trinajstić information content (AvgIpc) is 3.02. The first kappa shape index (κ1) is 16.8. The zero-order valence-electron chi connectivity index (χ0n) is 13.4. The number of sulfonamides is 1. The number of thiazole rings is 1. The summed E-state index contributed by atoms with van der Waals surface area (Å²) in [6.07, 6.45) is 3.44. The van der Waals surface area contributed by atoms with E-state index in [0.29, 0.717) is 10.6 Å². The molecule has 24 heavy (non-hydrogen) atoms. The molecule has 124 valence electrons. The number of benzene rings is 1. The Morgan fingerprint density at radius 2 is 2.04 bits per heavy atom. The highest BCUT2D eigenvalue weighted by atomic mass is 32.2. The van der Waals surface area contributed by atoms with Crippen molar-refractivity contribution in [1.29, 1.82) is 0 Å². The van der Waals surface area contributed by atoms with E-state index in [9.17, 15) is 8.42 Å².